The van der Waals surface area contributed by atoms with E-state index in [4.69, 9.17) is 9.84 Å². The maximum absolute atomic E-state index is 11.6. The predicted molar refractivity (Wildman–Crippen MR) is 83.0 cm³/mol. The van der Waals surface area contributed by atoms with Crippen LogP contribution in [0.5, 0.6) is 5.75 Å². The SMILES string of the molecule is O=c1[nH]c2nc3c(OCCO)cccc3nc2cc1I. The van der Waals surface area contributed by atoms with E-state index >= 15 is 0 Å². The number of rotatable bonds is 3. The number of aromatic nitrogens is 3. The molecule has 0 unspecified atom stereocenters. The van der Waals surface area contributed by atoms with Crippen LogP contribution in [-0.2, 0) is 0 Å². The number of ether oxygens (including phenoxy) is 1. The van der Waals surface area contributed by atoms with Crippen LogP contribution in [0.15, 0.2) is 29.1 Å². The Morgan fingerprint density at radius 1 is 1.30 bits per heavy atom. The van der Waals surface area contributed by atoms with Gasteiger partial charge >= 0.3 is 0 Å². The molecule has 2 aromatic heterocycles. The lowest BCUT2D eigenvalue weighted by Crippen LogP contribution is -2.10. The lowest BCUT2D eigenvalue weighted by molar-refractivity contribution is 0.202. The number of hydrogen-bond donors (Lipinski definition) is 2. The Morgan fingerprint density at radius 3 is 2.95 bits per heavy atom. The fourth-order valence-corrected chi connectivity index (χ4v) is 2.31. The zero-order chi connectivity index (χ0) is 14.1. The van der Waals surface area contributed by atoms with Gasteiger partial charge in [-0.15, -0.1) is 0 Å². The fraction of sp³-hybridized carbons (Fsp3) is 0.154. The van der Waals surface area contributed by atoms with Crippen LogP contribution < -0.4 is 10.3 Å². The number of aromatic amines is 1. The third-order valence-electron chi connectivity index (χ3n) is 2.75. The summed E-state index contributed by atoms with van der Waals surface area (Å²) in [5.41, 5.74) is 2.09. The summed E-state index contributed by atoms with van der Waals surface area (Å²) in [6, 6.07) is 7.09. The van der Waals surface area contributed by atoms with Gasteiger partial charge in [0.1, 0.15) is 23.4 Å². The second kappa shape index (κ2) is 5.33. The molecule has 0 aliphatic carbocycles. The molecule has 20 heavy (non-hydrogen) atoms. The minimum atomic E-state index is -0.194. The van der Waals surface area contributed by atoms with Crippen LogP contribution in [0.3, 0.4) is 0 Å². The molecule has 2 heterocycles. The zero-order valence-corrected chi connectivity index (χ0v) is 12.4. The number of aliphatic hydroxyl groups is 1. The molecule has 0 bridgehead atoms. The van der Waals surface area contributed by atoms with E-state index in [0.29, 0.717) is 31.5 Å². The van der Waals surface area contributed by atoms with Gasteiger partial charge in [-0.05, 0) is 40.8 Å². The molecule has 0 radical (unpaired) electrons. The molecule has 7 heteroatoms. The zero-order valence-electron chi connectivity index (χ0n) is 10.3. The highest BCUT2D eigenvalue weighted by molar-refractivity contribution is 14.1. The first-order valence-corrected chi connectivity index (χ1v) is 7.00. The van der Waals surface area contributed by atoms with Gasteiger partial charge in [-0.1, -0.05) is 6.07 Å². The number of fused-ring (bicyclic) bond motifs is 2. The second-order valence-electron chi connectivity index (χ2n) is 4.10. The summed E-state index contributed by atoms with van der Waals surface area (Å²) in [6.07, 6.45) is 0. The molecule has 0 saturated heterocycles. The van der Waals surface area contributed by atoms with Crippen LogP contribution in [0.2, 0.25) is 0 Å². The number of halogens is 1. The van der Waals surface area contributed by atoms with E-state index in [-0.39, 0.29) is 18.8 Å². The lowest BCUT2D eigenvalue weighted by Gasteiger charge is -2.07. The minimum Gasteiger partial charge on any atom is -0.489 e. The van der Waals surface area contributed by atoms with Crippen molar-refractivity contribution in [2.24, 2.45) is 0 Å². The van der Waals surface area contributed by atoms with Crippen molar-refractivity contribution in [1.82, 2.24) is 15.0 Å². The summed E-state index contributed by atoms with van der Waals surface area (Å²) in [6.45, 7) is 0.106. The molecule has 2 N–H and O–H groups in total. The molecule has 6 nitrogen and oxygen atoms in total. The third-order valence-corrected chi connectivity index (χ3v) is 3.55. The van der Waals surface area contributed by atoms with E-state index in [1.54, 1.807) is 12.1 Å². The minimum absolute atomic E-state index is 0.0770. The Bertz CT molecular complexity index is 847. The van der Waals surface area contributed by atoms with Gasteiger partial charge in [-0.25, -0.2) is 9.97 Å². The third kappa shape index (κ3) is 2.34. The first-order valence-electron chi connectivity index (χ1n) is 5.92. The van der Waals surface area contributed by atoms with Crippen LogP contribution in [0.25, 0.3) is 22.2 Å². The van der Waals surface area contributed by atoms with Gasteiger partial charge in [-0.2, -0.15) is 0 Å². The summed E-state index contributed by atoms with van der Waals surface area (Å²) in [5, 5.41) is 8.83. The van der Waals surface area contributed by atoms with Gasteiger partial charge in [0, 0.05) is 0 Å². The molecule has 0 fully saturated rings. The van der Waals surface area contributed by atoms with E-state index < -0.39 is 0 Å². The van der Waals surface area contributed by atoms with Crippen molar-refractivity contribution in [2.45, 2.75) is 0 Å². The van der Waals surface area contributed by atoms with Gasteiger partial charge < -0.3 is 14.8 Å². The Labute approximate surface area is 127 Å². The first-order chi connectivity index (χ1) is 9.69. The highest BCUT2D eigenvalue weighted by Crippen LogP contribution is 2.24. The number of nitrogens with one attached hydrogen (secondary N) is 1. The molecule has 0 aliphatic heterocycles. The molecule has 0 aliphatic rings. The Kier molecular flexibility index (Phi) is 3.53. The number of nitrogens with zero attached hydrogens (tertiary/aromatic N) is 2. The summed E-state index contributed by atoms with van der Waals surface area (Å²) >= 11 is 1.96. The quantitative estimate of drug-likeness (QED) is 0.528. The standard InChI is InChI=1S/C13H10IN3O3/c14-7-6-9-12(17-13(7)19)16-11-8(15-9)2-1-3-10(11)20-5-4-18/h1-3,6,18H,4-5H2,(H,16,17,19). The molecule has 102 valence electrons. The smallest absolute Gasteiger partial charge is 0.263 e. The number of hydrogen-bond acceptors (Lipinski definition) is 5. The van der Waals surface area contributed by atoms with E-state index in [2.05, 4.69) is 15.0 Å². The number of pyridine rings is 1. The number of para-hydroxylation sites is 1. The summed E-state index contributed by atoms with van der Waals surface area (Å²) in [7, 11) is 0. The average molecular weight is 383 g/mol. The highest BCUT2D eigenvalue weighted by atomic mass is 127. The molecule has 3 rings (SSSR count). The van der Waals surface area contributed by atoms with Gasteiger partial charge in [0.15, 0.2) is 5.65 Å². The van der Waals surface area contributed by atoms with Crippen molar-refractivity contribution in [3.8, 4) is 5.75 Å². The van der Waals surface area contributed by atoms with Gasteiger partial charge in [0.05, 0.1) is 15.7 Å². The van der Waals surface area contributed by atoms with Gasteiger partial charge in [0.25, 0.3) is 5.56 Å². The largest absolute Gasteiger partial charge is 0.489 e. The van der Waals surface area contributed by atoms with Gasteiger partial charge in [0.2, 0.25) is 0 Å². The van der Waals surface area contributed by atoms with Crippen molar-refractivity contribution in [3.05, 3.63) is 38.2 Å². The second-order valence-corrected chi connectivity index (χ2v) is 5.26. The molecule has 0 saturated carbocycles. The fourth-order valence-electron chi connectivity index (χ4n) is 1.88. The Balaban J connectivity index is 2.27. The van der Waals surface area contributed by atoms with E-state index in [1.165, 1.54) is 0 Å². The van der Waals surface area contributed by atoms with Gasteiger partial charge in [-0.3, -0.25) is 4.79 Å². The molecular weight excluding hydrogens is 373 g/mol. The lowest BCUT2D eigenvalue weighted by atomic mass is 10.2. The highest BCUT2D eigenvalue weighted by Gasteiger charge is 2.09. The van der Waals surface area contributed by atoms with Crippen LogP contribution in [0.4, 0.5) is 0 Å². The maximum atomic E-state index is 11.6. The number of H-pyrrole nitrogens is 1. The molecule has 3 aromatic rings. The maximum Gasteiger partial charge on any atom is 0.263 e. The predicted octanol–water partition coefficient (Wildman–Crippen LogP) is 1.45. The van der Waals surface area contributed by atoms with Crippen molar-refractivity contribution < 1.29 is 9.84 Å². The molecule has 0 amide bonds. The molecule has 1 aromatic carbocycles. The monoisotopic (exact) mass is 383 g/mol. The van der Waals surface area contributed by atoms with E-state index in [9.17, 15) is 4.79 Å². The van der Waals surface area contributed by atoms with Crippen LogP contribution in [-0.4, -0.2) is 33.3 Å². The van der Waals surface area contributed by atoms with E-state index in [0.717, 1.165) is 0 Å². The summed E-state index contributed by atoms with van der Waals surface area (Å²) < 4.78 is 5.99. The number of benzene rings is 1. The van der Waals surface area contributed by atoms with Crippen molar-refractivity contribution in [1.29, 1.82) is 0 Å². The van der Waals surface area contributed by atoms with Crippen molar-refractivity contribution >= 4 is 44.8 Å². The summed E-state index contributed by atoms with van der Waals surface area (Å²) in [4.78, 5) is 23.2. The molecular formula is C13H10IN3O3. The Hall–Kier alpha value is -1.74. The Morgan fingerprint density at radius 2 is 2.15 bits per heavy atom. The van der Waals surface area contributed by atoms with E-state index in [1.807, 2.05) is 34.7 Å². The molecule has 0 spiro atoms. The molecule has 0 atom stereocenters. The van der Waals surface area contributed by atoms with Crippen molar-refractivity contribution in [2.75, 3.05) is 13.2 Å². The van der Waals surface area contributed by atoms with Crippen LogP contribution >= 0.6 is 22.6 Å². The van der Waals surface area contributed by atoms with Crippen LogP contribution in [0.1, 0.15) is 0 Å². The first kappa shape index (κ1) is 13.3. The topological polar surface area (TPSA) is 88.1 Å². The normalized spacial score (nSPS) is 11.1. The average Bonchev–Trinajstić information content (AvgIpc) is 2.44. The number of aliphatic hydroxyl groups excluding tert-OH is 1. The summed E-state index contributed by atoms with van der Waals surface area (Å²) in [5.74, 6) is 0.533. The van der Waals surface area contributed by atoms with Crippen molar-refractivity contribution in [3.63, 3.8) is 0 Å². The van der Waals surface area contributed by atoms with Crippen LogP contribution in [0, 0.1) is 3.57 Å².